The summed E-state index contributed by atoms with van der Waals surface area (Å²) in [6.45, 7) is 4.38. The lowest BCUT2D eigenvalue weighted by Crippen LogP contribution is -2.00. The summed E-state index contributed by atoms with van der Waals surface area (Å²) in [6.07, 6.45) is 5.74. The summed E-state index contributed by atoms with van der Waals surface area (Å²) in [6, 6.07) is 6.35. The second-order valence-electron chi connectivity index (χ2n) is 5.00. The summed E-state index contributed by atoms with van der Waals surface area (Å²) in [4.78, 5) is 4.34. The Morgan fingerprint density at radius 2 is 2.00 bits per heavy atom. The van der Waals surface area contributed by atoms with E-state index in [0.29, 0.717) is 5.92 Å². The van der Waals surface area contributed by atoms with Gasteiger partial charge < -0.3 is 4.57 Å². The van der Waals surface area contributed by atoms with Crippen molar-refractivity contribution >= 4 is 11.6 Å². The smallest absolute Gasteiger partial charge is 0.108 e. The number of hydrogen-bond acceptors (Lipinski definition) is 1. The minimum atomic E-state index is 0.510. The molecule has 0 radical (unpaired) electrons. The highest BCUT2D eigenvalue weighted by molar-refractivity contribution is 6.30. The molecule has 0 aliphatic carbocycles. The van der Waals surface area contributed by atoms with Crippen LogP contribution in [0.25, 0.3) is 0 Å². The molecular weight excluding hydrogens is 244 g/mol. The van der Waals surface area contributed by atoms with Gasteiger partial charge in [0.25, 0.3) is 0 Å². The van der Waals surface area contributed by atoms with Gasteiger partial charge in [-0.2, -0.15) is 0 Å². The highest BCUT2D eigenvalue weighted by Crippen LogP contribution is 2.22. The maximum absolute atomic E-state index is 6.17. The predicted molar refractivity (Wildman–Crippen MR) is 76.2 cm³/mol. The summed E-state index contributed by atoms with van der Waals surface area (Å²) >= 11 is 6.17. The fourth-order valence-electron chi connectivity index (χ4n) is 2.05. The Balaban J connectivity index is 2.12. The van der Waals surface area contributed by atoms with Gasteiger partial charge in [-0.1, -0.05) is 31.5 Å². The molecule has 2 nitrogen and oxygen atoms in total. The molecule has 1 aromatic heterocycles. The van der Waals surface area contributed by atoms with Crippen molar-refractivity contribution in [2.45, 2.75) is 32.6 Å². The maximum Gasteiger partial charge on any atom is 0.108 e. The van der Waals surface area contributed by atoms with E-state index >= 15 is 0 Å². The van der Waals surface area contributed by atoms with E-state index in [-0.39, 0.29) is 0 Å². The number of benzene rings is 1. The molecule has 0 saturated carbocycles. The molecule has 0 aliphatic rings. The molecule has 1 heterocycles. The predicted octanol–water partition coefficient (Wildman–Crippen LogP) is 3.98. The molecule has 1 aromatic carbocycles. The Bertz CT molecular complexity index is 529. The number of hydrogen-bond donors (Lipinski definition) is 0. The number of nitrogens with zero attached hydrogens (tertiary/aromatic N) is 2. The first-order chi connectivity index (χ1) is 8.56. The van der Waals surface area contributed by atoms with Crippen LogP contribution in [0.5, 0.6) is 0 Å². The Labute approximate surface area is 114 Å². The van der Waals surface area contributed by atoms with Gasteiger partial charge in [-0.3, -0.25) is 0 Å². The highest BCUT2D eigenvalue weighted by Gasteiger charge is 2.05. The first kappa shape index (κ1) is 13.2. The summed E-state index contributed by atoms with van der Waals surface area (Å²) in [5.74, 6) is 1.62. The number of aromatic nitrogens is 2. The van der Waals surface area contributed by atoms with E-state index in [4.69, 9.17) is 11.6 Å². The highest BCUT2D eigenvalue weighted by atomic mass is 35.5. The van der Waals surface area contributed by atoms with Gasteiger partial charge in [0, 0.05) is 30.9 Å². The van der Waals surface area contributed by atoms with E-state index in [1.807, 2.05) is 19.4 Å². The average Bonchev–Trinajstić information content (AvgIpc) is 2.71. The van der Waals surface area contributed by atoms with Gasteiger partial charge >= 0.3 is 0 Å². The molecule has 96 valence electrons. The standard InChI is InChI=1S/C15H19ClN2/c1-11(2)13-8-12(9-14(16)10-13)4-5-15-17-6-7-18(15)3/h6-11H,4-5H2,1-3H3. The zero-order chi connectivity index (χ0) is 13.1. The van der Waals surface area contributed by atoms with Crippen LogP contribution in [0, 0.1) is 0 Å². The molecule has 3 heteroatoms. The lowest BCUT2D eigenvalue weighted by molar-refractivity contribution is 0.769. The number of rotatable bonds is 4. The van der Waals surface area contributed by atoms with Crippen molar-refractivity contribution < 1.29 is 0 Å². The van der Waals surface area contributed by atoms with E-state index < -0.39 is 0 Å². The number of aryl methyl sites for hydroxylation is 3. The molecule has 18 heavy (non-hydrogen) atoms. The topological polar surface area (TPSA) is 17.8 Å². The fraction of sp³-hybridized carbons (Fsp3) is 0.400. The first-order valence-corrected chi connectivity index (χ1v) is 6.69. The van der Waals surface area contributed by atoms with Crippen LogP contribution in [0.1, 0.15) is 36.7 Å². The molecule has 2 aromatic rings. The summed E-state index contributed by atoms with van der Waals surface area (Å²) in [5, 5.41) is 0.830. The van der Waals surface area contributed by atoms with Crippen molar-refractivity contribution in [3.05, 3.63) is 52.6 Å². The summed E-state index contributed by atoms with van der Waals surface area (Å²) in [7, 11) is 2.03. The van der Waals surface area contributed by atoms with Crippen LogP contribution in [0.4, 0.5) is 0 Å². The lowest BCUT2D eigenvalue weighted by Gasteiger charge is -2.09. The van der Waals surface area contributed by atoms with Gasteiger partial charge in [0.15, 0.2) is 0 Å². The molecule has 0 atom stereocenters. The molecule has 0 spiro atoms. The van der Waals surface area contributed by atoms with E-state index in [1.54, 1.807) is 0 Å². The molecule has 0 fully saturated rings. The maximum atomic E-state index is 6.17. The Hall–Kier alpha value is -1.28. The van der Waals surface area contributed by atoms with Crippen molar-refractivity contribution in [1.29, 1.82) is 0 Å². The van der Waals surface area contributed by atoms with Crippen molar-refractivity contribution in [1.82, 2.24) is 9.55 Å². The molecule has 0 N–H and O–H groups in total. The van der Waals surface area contributed by atoms with E-state index in [0.717, 1.165) is 23.7 Å². The van der Waals surface area contributed by atoms with E-state index in [2.05, 4.69) is 41.6 Å². The second-order valence-corrected chi connectivity index (χ2v) is 5.44. The third kappa shape index (κ3) is 3.14. The molecule has 0 amide bonds. The normalized spacial score (nSPS) is 11.2. The van der Waals surface area contributed by atoms with Gasteiger partial charge in [-0.15, -0.1) is 0 Å². The largest absolute Gasteiger partial charge is 0.338 e. The van der Waals surface area contributed by atoms with Crippen molar-refractivity contribution in [3.8, 4) is 0 Å². The Kier molecular flexibility index (Phi) is 4.07. The average molecular weight is 263 g/mol. The van der Waals surface area contributed by atoms with Crippen molar-refractivity contribution in [3.63, 3.8) is 0 Å². The SMILES string of the molecule is CC(C)c1cc(Cl)cc(CCc2nccn2C)c1. The Morgan fingerprint density at radius 3 is 2.61 bits per heavy atom. The van der Waals surface area contributed by atoms with Gasteiger partial charge in [-0.05, 0) is 35.6 Å². The second kappa shape index (κ2) is 5.57. The van der Waals surface area contributed by atoms with Gasteiger partial charge in [0.05, 0.1) is 0 Å². The quantitative estimate of drug-likeness (QED) is 0.815. The minimum Gasteiger partial charge on any atom is -0.338 e. The first-order valence-electron chi connectivity index (χ1n) is 6.32. The molecular formula is C15H19ClN2. The molecule has 0 unspecified atom stereocenters. The van der Waals surface area contributed by atoms with Crippen LogP contribution in [0.2, 0.25) is 5.02 Å². The fourth-order valence-corrected chi connectivity index (χ4v) is 2.31. The van der Waals surface area contributed by atoms with Crippen molar-refractivity contribution in [2.24, 2.45) is 7.05 Å². The van der Waals surface area contributed by atoms with Crippen LogP contribution in [-0.2, 0) is 19.9 Å². The monoisotopic (exact) mass is 262 g/mol. The number of halogens is 1. The summed E-state index contributed by atoms with van der Waals surface area (Å²) in [5.41, 5.74) is 2.59. The van der Waals surface area contributed by atoms with E-state index in [1.165, 1.54) is 11.1 Å². The molecule has 0 aliphatic heterocycles. The third-order valence-corrected chi connectivity index (χ3v) is 3.42. The van der Waals surface area contributed by atoms with Gasteiger partial charge in [0.2, 0.25) is 0 Å². The van der Waals surface area contributed by atoms with Crippen LogP contribution in [-0.4, -0.2) is 9.55 Å². The molecule has 0 saturated heterocycles. The van der Waals surface area contributed by atoms with Gasteiger partial charge in [-0.25, -0.2) is 4.98 Å². The summed E-state index contributed by atoms with van der Waals surface area (Å²) < 4.78 is 2.06. The molecule has 2 rings (SSSR count). The zero-order valence-corrected chi connectivity index (χ0v) is 11.9. The van der Waals surface area contributed by atoms with Gasteiger partial charge in [0.1, 0.15) is 5.82 Å². The third-order valence-electron chi connectivity index (χ3n) is 3.20. The number of imidazole rings is 1. The Morgan fingerprint density at radius 1 is 1.22 bits per heavy atom. The lowest BCUT2D eigenvalue weighted by atomic mass is 9.99. The minimum absolute atomic E-state index is 0.510. The zero-order valence-electron chi connectivity index (χ0n) is 11.2. The van der Waals surface area contributed by atoms with Crippen molar-refractivity contribution in [2.75, 3.05) is 0 Å². The van der Waals surface area contributed by atoms with E-state index in [9.17, 15) is 0 Å². The molecule has 0 bridgehead atoms. The van der Waals surface area contributed by atoms with Crippen LogP contribution >= 0.6 is 11.6 Å². The van der Waals surface area contributed by atoms with Crippen LogP contribution in [0.15, 0.2) is 30.6 Å². The van der Waals surface area contributed by atoms with Crippen LogP contribution < -0.4 is 0 Å². The van der Waals surface area contributed by atoms with Crippen LogP contribution in [0.3, 0.4) is 0 Å².